The number of para-hydroxylation sites is 1. The second kappa shape index (κ2) is 13.8. The average molecular weight is 515 g/mol. The van der Waals surface area contributed by atoms with E-state index >= 15 is 0 Å². The normalized spacial score (nSPS) is 15.3. The Hall–Kier alpha value is -1.32. The van der Waals surface area contributed by atoms with Crippen LogP contribution in [-0.4, -0.2) is 52.0 Å². The number of rotatable bonds is 10. The molecule has 0 spiro atoms. The molecule has 6 nitrogen and oxygen atoms in total. The molecule has 0 bridgehead atoms. The van der Waals surface area contributed by atoms with Gasteiger partial charge in [0.25, 0.3) is 0 Å². The molecule has 0 radical (unpaired) electrons. The number of ether oxygens (including phenoxy) is 2. The van der Waals surface area contributed by atoms with Crippen molar-refractivity contribution in [1.82, 2.24) is 10.6 Å². The number of nitrogens with zero attached hydrogens (tertiary/aromatic N) is 1. The predicted molar refractivity (Wildman–Crippen MR) is 128 cm³/mol. The summed E-state index contributed by atoms with van der Waals surface area (Å²) >= 11 is 0. The van der Waals surface area contributed by atoms with Crippen LogP contribution in [0.5, 0.6) is 0 Å². The quantitative estimate of drug-likeness (QED) is 0.217. The number of guanidine groups is 1. The highest BCUT2D eigenvalue weighted by Gasteiger charge is 2.13. The van der Waals surface area contributed by atoms with Crippen LogP contribution < -0.4 is 10.6 Å². The highest BCUT2D eigenvalue weighted by molar-refractivity contribution is 14.0. The van der Waals surface area contributed by atoms with Gasteiger partial charge in [0.2, 0.25) is 0 Å². The third-order valence-electron chi connectivity index (χ3n) is 4.90. The number of halogens is 1. The van der Waals surface area contributed by atoms with Gasteiger partial charge in [-0.05, 0) is 44.2 Å². The van der Waals surface area contributed by atoms with Crippen LogP contribution >= 0.6 is 24.0 Å². The Morgan fingerprint density at radius 2 is 2.03 bits per heavy atom. The minimum absolute atomic E-state index is 0. The zero-order valence-corrected chi connectivity index (χ0v) is 19.7. The van der Waals surface area contributed by atoms with Crippen LogP contribution in [0.4, 0.5) is 0 Å². The molecule has 1 fully saturated rings. The van der Waals surface area contributed by atoms with Gasteiger partial charge >= 0.3 is 0 Å². The summed E-state index contributed by atoms with van der Waals surface area (Å²) in [7, 11) is 0. The molecule has 2 heterocycles. The molecule has 0 aliphatic carbocycles. The number of benzene rings is 1. The van der Waals surface area contributed by atoms with E-state index in [1.54, 1.807) is 0 Å². The van der Waals surface area contributed by atoms with Crippen LogP contribution in [0.15, 0.2) is 39.7 Å². The van der Waals surface area contributed by atoms with E-state index in [4.69, 9.17) is 13.9 Å². The molecular formula is C22H34IN3O3. The number of nitrogens with one attached hydrogen (secondary N) is 2. The molecule has 1 aromatic heterocycles. The summed E-state index contributed by atoms with van der Waals surface area (Å²) in [5.74, 6) is 2.50. The fourth-order valence-electron chi connectivity index (χ4n) is 3.33. The van der Waals surface area contributed by atoms with E-state index in [0.29, 0.717) is 5.92 Å². The van der Waals surface area contributed by atoms with Gasteiger partial charge in [0.15, 0.2) is 5.96 Å². The van der Waals surface area contributed by atoms with Gasteiger partial charge in [0, 0.05) is 57.9 Å². The first-order chi connectivity index (χ1) is 13.8. The highest BCUT2D eigenvalue weighted by atomic mass is 127. The summed E-state index contributed by atoms with van der Waals surface area (Å²) in [5, 5.41) is 7.82. The van der Waals surface area contributed by atoms with E-state index in [1.165, 1.54) is 0 Å². The van der Waals surface area contributed by atoms with E-state index in [0.717, 1.165) is 94.4 Å². The first-order valence-corrected chi connectivity index (χ1v) is 10.5. The molecule has 2 N–H and O–H groups in total. The Labute approximate surface area is 190 Å². The topological polar surface area (TPSA) is 68.0 Å². The Balaban J connectivity index is 0.00000300. The van der Waals surface area contributed by atoms with Crippen molar-refractivity contribution in [3.05, 3.63) is 36.1 Å². The first kappa shape index (κ1) is 24.0. The van der Waals surface area contributed by atoms with Crippen molar-refractivity contribution in [2.45, 2.75) is 32.6 Å². The van der Waals surface area contributed by atoms with E-state index in [2.05, 4.69) is 34.7 Å². The fourth-order valence-corrected chi connectivity index (χ4v) is 3.33. The molecule has 1 saturated heterocycles. The van der Waals surface area contributed by atoms with Crippen molar-refractivity contribution in [1.29, 1.82) is 0 Å². The van der Waals surface area contributed by atoms with E-state index in [9.17, 15) is 0 Å². The molecular weight excluding hydrogens is 481 g/mol. The molecule has 1 aliphatic heterocycles. The SMILES string of the molecule is CCNC(=NCCCOCC1CCOCC1)NCCc1cc2ccccc2o1.I. The Morgan fingerprint density at radius 1 is 1.21 bits per heavy atom. The van der Waals surface area contributed by atoms with E-state index in [-0.39, 0.29) is 24.0 Å². The van der Waals surface area contributed by atoms with Crippen molar-refractivity contribution in [2.75, 3.05) is 46.1 Å². The Bertz CT molecular complexity index is 696. The summed E-state index contributed by atoms with van der Waals surface area (Å²) in [4.78, 5) is 4.64. The lowest BCUT2D eigenvalue weighted by atomic mass is 10.0. The number of fused-ring (bicyclic) bond motifs is 1. The molecule has 0 amide bonds. The van der Waals surface area contributed by atoms with Crippen molar-refractivity contribution in [3.8, 4) is 0 Å². The third-order valence-corrected chi connectivity index (χ3v) is 4.90. The fraction of sp³-hybridized carbons (Fsp3) is 0.591. The van der Waals surface area contributed by atoms with Crippen LogP contribution in [0.3, 0.4) is 0 Å². The number of aliphatic imine (C=N–C) groups is 1. The molecule has 3 rings (SSSR count). The van der Waals surface area contributed by atoms with Crippen molar-refractivity contribution in [3.63, 3.8) is 0 Å². The lowest BCUT2D eigenvalue weighted by molar-refractivity contribution is 0.0205. The summed E-state index contributed by atoms with van der Waals surface area (Å²) in [6.45, 7) is 7.83. The molecule has 162 valence electrons. The van der Waals surface area contributed by atoms with Gasteiger partial charge in [-0.15, -0.1) is 24.0 Å². The molecule has 0 atom stereocenters. The van der Waals surface area contributed by atoms with Crippen LogP contribution in [0.1, 0.15) is 31.9 Å². The molecule has 0 saturated carbocycles. The molecule has 1 aromatic carbocycles. The summed E-state index contributed by atoms with van der Waals surface area (Å²) < 4.78 is 17.0. The summed E-state index contributed by atoms with van der Waals surface area (Å²) in [6, 6.07) is 10.2. The van der Waals surface area contributed by atoms with E-state index in [1.807, 2.05) is 18.2 Å². The van der Waals surface area contributed by atoms with Gasteiger partial charge in [-0.25, -0.2) is 0 Å². The largest absolute Gasteiger partial charge is 0.461 e. The third kappa shape index (κ3) is 8.52. The summed E-state index contributed by atoms with van der Waals surface area (Å²) in [6.07, 6.45) is 4.01. The minimum Gasteiger partial charge on any atom is -0.461 e. The molecule has 29 heavy (non-hydrogen) atoms. The van der Waals surface area contributed by atoms with Crippen molar-refractivity contribution < 1.29 is 13.9 Å². The highest BCUT2D eigenvalue weighted by Crippen LogP contribution is 2.18. The first-order valence-electron chi connectivity index (χ1n) is 10.5. The van der Waals surface area contributed by atoms with Crippen molar-refractivity contribution in [2.24, 2.45) is 10.9 Å². The molecule has 1 aliphatic rings. The standard InChI is InChI=1S/C22H33N3O3.HI/c1-2-23-22(24-11-5-13-27-17-18-9-14-26-15-10-18)25-12-8-20-16-19-6-3-4-7-21(19)28-20;/h3-4,6-7,16,18H,2,5,8-15,17H2,1H3,(H2,23,24,25);1H. The average Bonchev–Trinajstić information content (AvgIpc) is 3.14. The maximum atomic E-state index is 5.86. The van der Waals surface area contributed by atoms with Crippen LogP contribution in [0.2, 0.25) is 0 Å². The van der Waals surface area contributed by atoms with Gasteiger partial charge in [0.05, 0.1) is 0 Å². The monoisotopic (exact) mass is 515 g/mol. The zero-order chi connectivity index (χ0) is 19.4. The second-order valence-corrected chi connectivity index (χ2v) is 7.17. The molecule has 2 aromatic rings. The smallest absolute Gasteiger partial charge is 0.191 e. The minimum atomic E-state index is 0. The molecule has 0 unspecified atom stereocenters. The zero-order valence-electron chi connectivity index (χ0n) is 17.3. The van der Waals surface area contributed by atoms with Gasteiger partial charge in [-0.3, -0.25) is 4.99 Å². The van der Waals surface area contributed by atoms with Gasteiger partial charge in [0.1, 0.15) is 11.3 Å². The number of hydrogen-bond acceptors (Lipinski definition) is 4. The van der Waals surface area contributed by atoms with Crippen molar-refractivity contribution >= 4 is 40.9 Å². The van der Waals surface area contributed by atoms with Gasteiger partial charge in [-0.1, -0.05) is 18.2 Å². The van der Waals surface area contributed by atoms with Gasteiger partial charge < -0.3 is 24.5 Å². The Kier molecular flexibility index (Phi) is 11.4. The lowest BCUT2D eigenvalue weighted by Gasteiger charge is -2.21. The maximum absolute atomic E-state index is 5.86. The van der Waals surface area contributed by atoms with Crippen LogP contribution in [0, 0.1) is 5.92 Å². The number of furan rings is 1. The molecule has 7 heteroatoms. The predicted octanol–water partition coefficient (Wildman–Crippen LogP) is 3.98. The van der Waals surface area contributed by atoms with Gasteiger partial charge in [-0.2, -0.15) is 0 Å². The number of hydrogen-bond donors (Lipinski definition) is 2. The maximum Gasteiger partial charge on any atom is 0.191 e. The Morgan fingerprint density at radius 3 is 2.83 bits per heavy atom. The summed E-state index contributed by atoms with van der Waals surface area (Å²) in [5.41, 5.74) is 0.943. The van der Waals surface area contributed by atoms with Crippen LogP contribution in [0.25, 0.3) is 11.0 Å². The van der Waals surface area contributed by atoms with E-state index < -0.39 is 0 Å². The van der Waals surface area contributed by atoms with Crippen LogP contribution in [-0.2, 0) is 15.9 Å². The second-order valence-electron chi connectivity index (χ2n) is 7.17. The lowest BCUT2D eigenvalue weighted by Crippen LogP contribution is -2.38.